The molecule has 0 aliphatic rings. The van der Waals surface area contributed by atoms with E-state index in [9.17, 15) is 13.2 Å². The van der Waals surface area contributed by atoms with Crippen LogP contribution in [0.5, 0.6) is 0 Å². The minimum Gasteiger partial charge on any atom is -0.309 e. The first-order valence-corrected chi connectivity index (χ1v) is 7.08. The van der Waals surface area contributed by atoms with Crippen molar-refractivity contribution in [2.45, 2.75) is 38.4 Å². The zero-order valence-electron chi connectivity index (χ0n) is 9.48. The molecule has 0 bridgehead atoms. The summed E-state index contributed by atoms with van der Waals surface area (Å²) in [6.45, 7) is 2.73. The second-order valence-corrected chi connectivity index (χ2v) is 6.30. The van der Waals surface area contributed by atoms with E-state index >= 15 is 0 Å². The average molecular weight is 330 g/mol. The Morgan fingerprint density at radius 2 is 2.12 bits per heavy atom. The Kier molecular flexibility index (Phi) is 5.95. The van der Waals surface area contributed by atoms with E-state index in [-0.39, 0.29) is 12.5 Å². The molecule has 0 saturated carbocycles. The van der Waals surface area contributed by atoms with E-state index in [2.05, 4.69) is 21.2 Å². The van der Waals surface area contributed by atoms with E-state index in [4.69, 9.17) is 0 Å². The highest BCUT2D eigenvalue weighted by Gasteiger charge is 2.28. The summed E-state index contributed by atoms with van der Waals surface area (Å²) < 4.78 is 37.6. The molecule has 0 fully saturated rings. The van der Waals surface area contributed by atoms with Crippen molar-refractivity contribution in [2.24, 2.45) is 0 Å². The Labute approximate surface area is 112 Å². The van der Waals surface area contributed by atoms with Gasteiger partial charge in [0.2, 0.25) is 0 Å². The van der Waals surface area contributed by atoms with Crippen molar-refractivity contribution >= 4 is 27.3 Å². The van der Waals surface area contributed by atoms with Crippen molar-refractivity contribution in [2.75, 3.05) is 6.54 Å². The lowest BCUT2D eigenvalue weighted by atomic mass is 10.1. The average Bonchev–Trinajstić information content (AvgIpc) is 2.63. The molecule has 0 amide bonds. The second-order valence-electron chi connectivity index (χ2n) is 3.80. The molecular weight excluding hydrogens is 315 g/mol. The van der Waals surface area contributed by atoms with Crippen LogP contribution in [0.15, 0.2) is 15.9 Å². The van der Waals surface area contributed by atoms with Gasteiger partial charge in [0, 0.05) is 17.3 Å². The van der Waals surface area contributed by atoms with Crippen LogP contribution < -0.4 is 5.32 Å². The molecule has 0 radical (unpaired) electrons. The van der Waals surface area contributed by atoms with Crippen LogP contribution in [0.3, 0.4) is 0 Å². The Morgan fingerprint density at radius 1 is 1.41 bits per heavy atom. The Bertz CT molecular complexity index is 338. The van der Waals surface area contributed by atoms with Crippen LogP contribution >= 0.6 is 27.3 Å². The van der Waals surface area contributed by atoms with Crippen LogP contribution in [0.25, 0.3) is 0 Å². The van der Waals surface area contributed by atoms with Crippen molar-refractivity contribution in [1.29, 1.82) is 0 Å². The fourth-order valence-electron chi connectivity index (χ4n) is 1.49. The summed E-state index contributed by atoms with van der Waals surface area (Å²) in [4.78, 5) is 0.953. The zero-order valence-corrected chi connectivity index (χ0v) is 11.9. The molecule has 17 heavy (non-hydrogen) atoms. The molecule has 0 saturated heterocycles. The van der Waals surface area contributed by atoms with E-state index < -0.39 is 12.6 Å². The molecule has 0 aliphatic heterocycles. The lowest BCUT2D eigenvalue weighted by Crippen LogP contribution is -2.23. The van der Waals surface area contributed by atoms with Crippen LogP contribution in [-0.4, -0.2) is 12.7 Å². The minimum atomic E-state index is -4.08. The van der Waals surface area contributed by atoms with E-state index in [0.29, 0.717) is 0 Å². The molecule has 1 nitrogen and oxygen atoms in total. The van der Waals surface area contributed by atoms with Crippen LogP contribution in [0, 0.1) is 0 Å². The third-order valence-corrected chi connectivity index (χ3v) is 4.03. The molecular formula is C11H15BrF3NS. The van der Waals surface area contributed by atoms with Gasteiger partial charge < -0.3 is 5.32 Å². The van der Waals surface area contributed by atoms with Gasteiger partial charge in [-0.05, 0) is 47.4 Å². The van der Waals surface area contributed by atoms with Crippen molar-refractivity contribution in [3.8, 4) is 0 Å². The molecule has 1 aromatic heterocycles. The summed E-state index contributed by atoms with van der Waals surface area (Å²) in [6, 6.07) is 3.54. The summed E-state index contributed by atoms with van der Waals surface area (Å²) in [7, 11) is 0. The minimum absolute atomic E-state index is 0.0937. The number of rotatable bonds is 6. The first-order chi connectivity index (χ1) is 7.92. The predicted molar refractivity (Wildman–Crippen MR) is 68.3 cm³/mol. The molecule has 1 heterocycles. The largest absolute Gasteiger partial charge is 0.389 e. The molecule has 1 rings (SSSR count). The van der Waals surface area contributed by atoms with Crippen LogP contribution in [0.1, 0.15) is 37.1 Å². The maximum Gasteiger partial charge on any atom is 0.389 e. The van der Waals surface area contributed by atoms with Gasteiger partial charge in [0.25, 0.3) is 0 Å². The number of hydrogen-bond donors (Lipinski definition) is 1. The Balaban J connectivity index is 2.60. The molecule has 0 aliphatic carbocycles. The molecule has 0 aromatic carbocycles. The molecule has 1 N–H and O–H groups in total. The van der Waals surface area contributed by atoms with E-state index in [0.717, 1.165) is 21.6 Å². The van der Waals surface area contributed by atoms with Crippen molar-refractivity contribution in [1.82, 2.24) is 5.32 Å². The Morgan fingerprint density at radius 3 is 2.59 bits per heavy atom. The standard InChI is InChI=1S/C11H15BrF3NS/c1-2-7-16-8(5-6-11(13,14)15)9-3-4-10(12)17-9/h3-4,8,16H,2,5-7H2,1H3. The Hall–Kier alpha value is -0.0700. The molecule has 1 atom stereocenters. The van der Waals surface area contributed by atoms with Gasteiger partial charge in [-0.3, -0.25) is 0 Å². The quantitative estimate of drug-likeness (QED) is 0.783. The molecule has 98 valence electrons. The number of hydrogen-bond acceptors (Lipinski definition) is 2. The van der Waals surface area contributed by atoms with Gasteiger partial charge in [0.15, 0.2) is 0 Å². The number of alkyl halides is 3. The van der Waals surface area contributed by atoms with Crippen molar-refractivity contribution < 1.29 is 13.2 Å². The summed E-state index contributed by atoms with van der Waals surface area (Å²) >= 11 is 4.81. The van der Waals surface area contributed by atoms with Gasteiger partial charge in [-0.25, -0.2) is 0 Å². The fraction of sp³-hybridized carbons (Fsp3) is 0.636. The third-order valence-electron chi connectivity index (χ3n) is 2.29. The van der Waals surface area contributed by atoms with E-state index in [1.54, 1.807) is 0 Å². The third kappa shape index (κ3) is 5.88. The lowest BCUT2D eigenvalue weighted by molar-refractivity contribution is -0.136. The van der Waals surface area contributed by atoms with Crippen LogP contribution in [0.4, 0.5) is 13.2 Å². The summed E-state index contributed by atoms with van der Waals surface area (Å²) in [5, 5.41) is 3.16. The molecule has 1 aromatic rings. The smallest absolute Gasteiger partial charge is 0.309 e. The van der Waals surface area contributed by atoms with Gasteiger partial charge in [0.05, 0.1) is 3.79 Å². The SMILES string of the molecule is CCCNC(CCC(F)(F)F)c1ccc(Br)s1. The first-order valence-electron chi connectivity index (χ1n) is 5.47. The van der Waals surface area contributed by atoms with Gasteiger partial charge in [0.1, 0.15) is 0 Å². The summed E-state index contributed by atoms with van der Waals surface area (Å²) in [5.74, 6) is 0. The number of nitrogens with one attached hydrogen (secondary N) is 1. The van der Waals surface area contributed by atoms with E-state index in [1.165, 1.54) is 11.3 Å². The predicted octanol–water partition coefficient (Wildman–Crippen LogP) is 4.89. The zero-order chi connectivity index (χ0) is 12.9. The summed E-state index contributed by atoms with van der Waals surface area (Å²) in [6.07, 6.45) is -3.82. The highest BCUT2D eigenvalue weighted by molar-refractivity contribution is 9.11. The van der Waals surface area contributed by atoms with Crippen LogP contribution in [0.2, 0.25) is 0 Å². The van der Waals surface area contributed by atoms with Crippen molar-refractivity contribution in [3.05, 3.63) is 20.8 Å². The van der Waals surface area contributed by atoms with Gasteiger partial charge in [-0.2, -0.15) is 13.2 Å². The monoisotopic (exact) mass is 329 g/mol. The van der Waals surface area contributed by atoms with Gasteiger partial charge in [-0.15, -0.1) is 11.3 Å². The topological polar surface area (TPSA) is 12.0 Å². The van der Waals surface area contributed by atoms with E-state index in [1.807, 2.05) is 19.1 Å². The molecule has 0 spiro atoms. The van der Waals surface area contributed by atoms with Gasteiger partial charge >= 0.3 is 6.18 Å². The first kappa shape index (κ1) is 15.0. The number of thiophene rings is 1. The molecule has 6 heteroatoms. The maximum atomic E-state index is 12.2. The number of halogens is 4. The highest BCUT2D eigenvalue weighted by atomic mass is 79.9. The normalized spacial score (nSPS) is 13.9. The van der Waals surface area contributed by atoms with Crippen LogP contribution in [-0.2, 0) is 0 Å². The molecule has 1 unspecified atom stereocenters. The van der Waals surface area contributed by atoms with Crippen molar-refractivity contribution in [3.63, 3.8) is 0 Å². The highest BCUT2D eigenvalue weighted by Crippen LogP contribution is 2.32. The second kappa shape index (κ2) is 6.75. The van der Waals surface area contributed by atoms with Gasteiger partial charge in [-0.1, -0.05) is 6.92 Å². The maximum absolute atomic E-state index is 12.2. The summed E-state index contributed by atoms with van der Waals surface area (Å²) in [5.41, 5.74) is 0. The fourth-order valence-corrected chi connectivity index (χ4v) is 3.02. The lowest BCUT2D eigenvalue weighted by Gasteiger charge is -2.18.